The molecule has 0 aliphatic rings. The van der Waals surface area contributed by atoms with E-state index in [1.165, 1.54) is 0 Å². The van der Waals surface area contributed by atoms with Crippen LogP contribution in [0.1, 0.15) is 26.7 Å². The number of aromatic nitrogens is 2. The van der Waals surface area contributed by atoms with Gasteiger partial charge in [-0.25, -0.2) is 0 Å². The summed E-state index contributed by atoms with van der Waals surface area (Å²) in [4.78, 5) is 0. The highest BCUT2D eigenvalue weighted by Gasteiger charge is 2.06. The molecule has 0 spiro atoms. The fourth-order valence-corrected chi connectivity index (χ4v) is 2.33. The topological polar surface area (TPSA) is 47.0 Å². The summed E-state index contributed by atoms with van der Waals surface area (Å²) >= 11 is 1.58. The molecule has 2 aromatic rings. The summed E-state index contributed by atoms with van der Waals surface area (Å²) in [6.07, 6.45) is 2.10. The van der Waals surface area contributed by atoms with Crippen molar-refractivity contribution in [3.05, 3.63) is 24.3 Å². The van der Waals surface area contributed by atoms with Crippen molar-refractivity contribution < 1.29 is 4.74 Å². The van der Waals surface area contributed by atoms with Gasteiger partial charge in [0.1, 0.15) is 10.8 Å². The number of rotatable bonds is 7. The lowest BCUT2D eigenvalue weighted by atomic mass is 10.2. The van der Waals surface area contributed by atoms with E-state index in [4.69, 9.17) is 4.74 Å². The Balaban J connectivity index is 2.02. The number of anilines is 1. The highest BCUT2D eigenvalue weighted by molar-refractivity contribution is 7.18. The summed E-state index contributed by atoms with van der Waals surface area (Å²) in [5, 5.41) is 13.4. The normalized spacial score (nSPS) is 10.4. The van der Waals surface area contributed by atoms with E-state index in [1.54, 1.807) is 11.3 Å². The van der Waals surface area contributed by atoms with E-state index in [0.717, 1.165) is 47.4 Å². The van der Waals surface area contributed by atoms with Crippen LogP contribution in [0.4, 0.5) is 5.13 Å². The van der Waals surface area contributed by atoms with Crippen LogP contribution in [0.15, 0.2) is 24.3 Å². The largest absolute Gasteiger partial charge is 0.494 e. The van der Waals surface area contributed by atoms with Crippen LogP contribution in [0.3, 0.4) is 0 Å². The lowest BCUT2D eigenvalue weighted by Gasteiger charge is -2.04. The van der Waals surface area contributed by atoms with Crippen molar-refractivity contribution in [3.63, 3.8) is 0 Å². The standard InChI is InChI=1S/C14H19N3OS/c1-3-9-15-14-17-16-13(19-14)11-5-7-12(8-6-11)18-10-4-2/h5-8H,3-4,9-10H2,1-2H3,(H,15,17). The first-order chi connectivity index (χ1) is 9.33. The van der Waals surface area contributed by atoms with Gasteiger partial charge in [0.2, 0.25) is 5.13 Å². The molecule has 102 valence electrons. The van der Waals surface area contributed by atoms with Crippen molar-refractivity contribution in [2.24, 2.45) is 0 Å². The fourth-order valence-electron chi connectivity index (χ4n) is 1.56. The molecule has 0 aliphatic heterocycles. The zero-order chi connectivity index (χ0) is 13.5. The van der Waals surface area contributed by atoms with Crippen LogP contribution in [-0.4, -0.2) is 23.3 Å². The molecule has 0 radical (unpaired) electrons. The van der Waals surface area contributed by atoms with Crippen molar-refractivity contribution in [2.45, 2.75) is 26.7 Å². The molecular weight excluding hydrogens is 258 g/mol. The molecule has 19 heavy (non-hydrogen) atoms. The van der Waals surface area contributed by atoms with E-state index < -0.39 is 0 Å². The minimum absolute atomic E-state index is 0.753. The molecular formula is C14H19N3OS. The van der Waals surface area contributed by atoms with Crippen molar-refractivity contribution >= 4 is 16.5 Å². The minimum atomic E-state index is 0.753. The van der Waals surface area contributed by atoms with Gasteiger partial charge in [0.15, 0.2) is 0 Å². The molecule has 2 rings (SSSR count). The smallest absolute Gasteiger partial charge is 0.206 e. The first kappa shape index (κ1) is 13.8. The Labute approximate surface area is 117 Å². The predicted molar refractivity (Wildman–Crippen MR) is 79.9 cm³/mol. The van der Waals surface area contributed by atoms with Crippen LogP contribution in [-0.2, 0) is 0 Å². The van der Waals surface area contributed by atoms with Gasteiger partial charge < -0.3 is 10.1 Å². The van der Waals surface area contributed by atoms with Crippen molar-refractivity contribution in [1.82, 2.24) is 10.2 Å². The van der Waals surface area contributed by atoms with Crippen molar-refractivity contribution in [3.8, 4) is 16.3 Å². The fraction of sp³-hybridized carbons (Fsp3) is 0.429. The third-order valence-electron chi connectivity index (χ3n) is 2.53. The third-order valence-corrected chi connectivity index (χ3v) is 3.46. The van der Waals surface area contributed by atoms with Gasteiger partial charge in [-0.3, -0.25) is 0 Å². The quantitative estimate of drug-likeness (QED) is 0.836. The maximum absolute atomic E-state index is 5.56. The number of nitrogens with one attached hydrogen (secondary N) is 1. The molecule has 1 heterocycles. The van der Waals surface area contributed by atoms with Gasteiger partial charge >= 0.3 is 0 Å². The highest BCUT2D eigenvalue weighted by atomic mass is 32.1. The summed E-state index contributed by atoms with van der Waals surface area (Å²) in [5.41, 5.74) is 1.07. The van der Waals surface area contributed by atoms with Gasteiger partial charge in [0, 0.05) is 12.1 Å². The summed E-state index contributed by atoms with van der Waals surface area (Å²) in [6.45, 7) is 5.91. The SMILES string of the molecule is CCCNc1nnc(-c2ccc(OCCC)cc2)s1. The Morgan fingerprint density at radius 2 is 1.89 bits per heavy atom. The molecule has 1 N–H and O–H groups in total. The Hall–Kier alpha value is -1.62. The zero-order valence-electron chi connectivity index (χ0n) is 11.3. The second-order valence-electron chi connectivity index (χ2n) is 4.21. The second-order valence-corrected chi connectivity index (χ2v) is 5.19. The van der Waals surface area contributed by atoms with E-state index in [0.29, 0.717) is 0 Å². The van der Waals surface area contributed by atoms with E-state index in [2.05, 4.69) is 29.4 Å². The number of nitrogens with zero attached hydrogens (tertiary/aromatic N) is 2. The molecule has 0 fully saturated rings. The van der Waals surface area contributed by atoms with Crippen molar-refractivity contribution in [2.75, 3.05) is 18.5 Å². The van der Waals surface area contributed by atoms with Gasteiger partial charge in [0.25, 0.3) is 0 Å². The summed E-state index contributed by atoms with van der Waals surface area (Å²) in [5.74, 6) is 0.902. The van der Waals surface area contributed by atoms with Gasteiger partial charge in [-0.05, 0) is 37.1 Å². The third kappa shape index (κ3) is 3.92. The Morgan fingerprint density at radius 1 is 1.11 bits per heavy atom. The number of hydrogen-bond donors (Lipinski definition) is 1. The maximum atomic E-state index is 5.56. The first-order valence-electron chi connectivity index (χ1n) is 6.64. The Morgan fingerprint density at radius 3 is 2.58 bits per heavy atom. The van der Waals surface area contributed by atoms with Crippen LogP contribution in [0.5, 0.6) is 5.75 Å². The summed E-state index contributed by atoms with van der Waals surface area (Å²) in [7, 11) is 0. The number of hydrogen-bond acceptors (Lipinski definition) is 5. The molecule has 1 aromatic heterocycles. The first-order valence-corrected chi connectivity index (χ1v) is 7.45. The lowest BCUT2D eigenvalue weighted by molar-refractivity contribution is 0.317. The van der Waals surface area contributed by atoms with E-state index in [9.17, 15) is 0 Å². The van der Waals surface area contributed by atoms with E-state index in [1.807, 2.05) is 24.3 Å². The highest BCUT2D eigenvalue weighted by Crippen LogP contribution is 2.27. The minimum Gasteiger partial charge on any atom is -0.494 e. The maximum Gasteiger partial charge on any atom is 0.206 e. The zero-order valence-corrected chi connectivity index (χ0v) is 12.2. The monoisotopic (exact) mass is 277 g/mol. The van der Waals surface area contributed by atoms with Gasteiger partial charge in [-0.2, -0.15) is 0 Å². The molecule has 5 heteroatoms. The Kier molecular flexibility index (Phi) is 5.15. The van der Waals surface area contributed by atoms with Crippen LogP contribution >= 0.6 is 11.3 Å². The average molecular weight is 277 g/mol. The average Bonchev–Trinajstić information content (AvgIpc) is 2.92. The van der Waals surface area contributed by atoms with E-state index in [-0.39, 0.29) is 0 Å². The lowest BCUT2D eigenvalue weighted by Crippen LogP contribution is -1.98. The van der Waals surface area contributed by atoms with E-state index >= 15 is 0 Å². The summed E-state index contributed by atoms with van der Waals surface area (Å²) < 4.78 is 5.56. The van der Waals surface area contributed by atoms with Crippen LogP contribution in [0, 0.1) is 0 Å². The molecule has 0 amide bonds. The molecule has 0 unspecified atom stereocenters. The van der Waals surface area contributed by atoms with Gasteiger partial charge in [-0.15, -0.1) is 10.2 Å². The molecule has 0 saturated carbocycles. The molecule has 0 aliphatic carbocycles. The van der Waals surface area contributed by atoms with Crippen LogP contribution < -0.4 is 10.1 Å². The van der Waals surface area contributed by atoms with Crippen LogP contribution in [0.25, 0.3) is 10.6 Å². The van der Waals surface area contributed by atoms with Crippen LogP contribution in [0.2, 0.25) is 0 Å². The molecule has 1 aromatic carbocycles. The summed E-state index contributed by atoms with van der Waals surface area (Å²) in [6, 6.07) is 8.00. The molecule has 4 nitrogen and oxygen atoms in total. The van der Waals surface area contributed by atoms with Gasteiger partial charge in [0.05, 0.1) is 6.61 Å². The number of benzene rings is 1. The molecule has 0 bridgehead atoms. The molecule has 0 saturated heterocycles. The van der Waals surface area contributed by atoms with Gasteiger partial charge in [-0.1, -0.05) is 25.2 Å². The van der Waals surface area contributed by atoms with Crippen molar-refractivity contribution in [1.29, 1.82) is 0 Å². The predicted octanol–water partition coefficient (Wildman–Crippen LogP) is 3.82. The second kappa shape index (κ2) is 7.09. The number of ether oxygens (including phenoxy) is 1. The molecule has 0 atom stereocenters. The Bertz CT molecular complexity index is 496.